The highest BCUT2D eigenvalue weighted by Gasteiger charge is 2.37. The van der Waals surface area contributed by atoms with E-state index >= 15 is 0 Å². The lowest BCUT2D eigenvalue weighted by molar-refractivity contribution is -0.114. The molecule has 21 heavy (non-hydrogen) atoms. The summed E-state index contributed by atoms with van der Waals surface area (Å²) in [7, 11) is 0. The minimum atomic E-state index is -0.651. The fraction of sp³-hybridized carbons (Fsp3) is 0.375. The lowest BCUT2D eigenvalue weighted by atomic mass is 10.1. The number of benzene rings is 1. The SMILES string of the molecule is C=C(CNCCC)CN1C(=O)C(=O)c2cc(F)cc(C)c21. The van der Waals surface area contributed by atoms with Crippen LogP contribution in [0.5, 0.6) is 0 Å². The monoisotopic (exact) mass is 290 g/mol. The lowest BCUT2D eigenvalue weighted by Gasteiger charge is -2.20. The Hall–Kier alpha value is -2.01. The van der Waals surface area contributed by atoms with Crippen LogP contribution in [-0.2, 0) is 4.79 Å². The average molecular weight is 290 g/mol. The maximum absolute atomic E-state index is 13.4. The van der Waals surface area contributed by atoms with Gasteiger partial charge in [0.25, 0.3) is 11.7 Å². The summed E-state index contributed by atoms with van der Waals surface area (Å²) in [6.45, 7) is 9.40. The molecule has 0 bridgehead atoms. The van der Waals surface area contributed by atoms with Gasteiger partial charge >= 0.3 is 0 Å². The molecule has 2 rings (SSSR count). The highest BCUT2D eigenvalue weighted by Crippen LogP contribution is 2.33. The fourth-order valence-corrected chi connectivity index (χ4v) is 2.48. The third-order valence-electron chi connectivity index (χ3n) is 3.40. The zero-order valence-electron chi connectivity index (χ0n) is 12.3. The highest BCUT2D eigenvalue weighted by atomic mass is 19.1. The number of Topliss-reactive ketones (excluding diaryl/α,β-unsaturated/α-hetero) is 1. The van der Waals surface area contributed by atoms with Gasteiger partial charge in [-0.1, -0.05) is 13.5 Å². The van der Waals surface area contributed by atoms with Crippen LogP contribution in [0.1, 0.15) is 29.3 Å². The number of amides is 1. The van der Waals surface area contributed by atoms with Gasteiger partial charge in [-0.3, -0.25) is 9.59 Å². The number of carbonyl (C=O) groups excluding carboxylic acids is 2. The van der Waals surface area contributed by atoms with E-state index < -0.39 is 17.5 Å². The first-order chi connectivity index (χ1) is 9.95. The van der Waals surface area contributed by atoms with Crippen molar-refractivity contribution in [3.05, 3.63) is 41.2 Å². The summed E-state index contributed by atoms with van der Waals surface area (Å²) in [4.78, 5) is 25.4. The normalized spacial score (nSPS) is 13.8. The molecule has 1 heterocycles. The molecule has 4 nitrogen and oxygen atoms in total. The van der Waals surface area contributed by atoms with E-state index in [1.54, 1.807) is 6.92 Å². The summed E-state index contributed by atoms with van der Waals surface area (Å²) < 4.78 is 13.4. The fourth-order valence-electron chi connectivity index (χ4n) is 2.48. The number of aryl methyl sites for hydroxylation is 1. The van der Waals surface area contributed by atoms with Crippen LogP contribution in [0, 0.1) is 12.7 Å². The molecule has 1 aliphatic heterocycles. The Morgan fingerprint density at radius 2 is 2.10 bits per heavy atom. The molecule has 1 aromatic rings. The van der Waals surface area contributed by atoms with Gasteiger partial charge in [0.05, 0.1) is 11.3 Å². The number of hydrogen-bond acceptors (Lipinski definition) is 3. The molecule has 0 fully saturated rings. The largest absolute Gasteiger partial charge is 0.313 e. The van der Waals surface area contributed by atoms with Crippen LogP contribution >= 0.6 is 0 Å². The van der Waals surface area contributed by atoms with E-state index in [9.17, 15) is 14.0 Å². The van der Waals surface area contributed by atoms with E-state index in [4.69, 9.17) is 0 Å². The van der Waals surface area contributed by atoms with E-state index in [2.05, 4.69) is 18.8 Å². The predicted molar refractivity (Wildman–Crippen MR) is 80.1 cm³/mol. The van der Waals surface area contributed by atoms with E-state index in [1.807, 2.05) is 0 Å². The second-order valence-electron chi connectivity index (χ2n) is 5.27. The number of nitrogens with one attached hydrogen (secondary N) is 1. The molecule has 1 amide bonds. The first-order valence-electron chi connectivity index (χ1n) is 6.99. The van der Waals surface area contributed by atoms with Crippen molar-refractivity contribution < 1.29 is 14.0 Å². The molecule has 0 aromatic heterocycles. The van der Waals surface area contributed by atoms with E-state index in [-0.39, 0.29) is 12.1 Å². The van der Waals surface area contributed by atoms with E-state index in [1.165, 1.54) is 11.0 Å². The number of nitrogens with zero attached hydrogens (tertiary/aromatic N) is 1. The lowest BCUT2D eigenvalue weighted by Crippen LogP contribution is -2.34. The van der Waals surface area contributed by atoms with Gasteiger partial charge < -0.3 is 10.2 Å². The number of carbonyl (C=O) groups is 2. The Kier molecular flexibility index (Phi) is 4.53. The Morgan fingerprint density at radius 1 is 1.38 bits per heavy atom. The van der Waals surface area contributed by atoms with Crippen molar-refractivity contribution in [1.82, 2.24) is 5.32 Å². The minimum absolute atomic E-state index is 0.145. The molecule has 1 aliphatic rings. The van der Waals surface area contributed by atoms with Crippen LogP contribution in [0.3, 0.4) is 0 Å². The van der Waals surface area contributed by atoms with Gasteiger partial charge in [0.15, 0.2) is 0 Å². The molecule has 0 unspecified atom stereocenters. The molecule has 0 atom stereocenters. The summed E-state index contributed by atoms with van der Waals surface area (Å²) >= 11 is 0. The quantitative estimate of drug-likeness (QED) is 0.496. The number of fused-ring (bicyclic) bond motifs is 1. The third-order valence-corrected chi connectivity index (χ3v) is 3.40. The van der Waals surface area contributed by atoms with Crippen LogP contribution in [0.4, 0.5) is 10.1 Å². The topological polar surface area (TPSA) is 49.4 Å². The first kappa shape index (κ1) is 15.4. The highest BCUT2D eigenvalue weighted by molar-refractivity contribution is 6.52. The zero-order chi connectivity index (χ0) is 15.6. The molecule has 1 N–H and O–H groups in total. The summed E-state index contributed by atoms with van der Waals surface area (Å²) in [5.41, 5.74) is 2.04. The van der Waals surface area contributed by atoms with Crippen molar-refractivity contribution in [3.63, 3.8) is 0 Å². The molecular weight excluding hydrogens is 271 g/mol. The Morgan fingerprint density at radius 3 is 2.76 bits per heavy atom. The molecule has 5 heteroatoms. The molecule has 112 valence electrons. The molecular formula is C16H19FN2O2. The van der Waals surface area contributed by atoms with Crippen molar-refractivity contribution in [1.29, 1.82) is 0 Å². The average Bonchev–Trinajstić information content (AvgIpc) is 2.64. The molecule has 0 saturated carbocycles. The predicted octanol–water partition coefficient (Wildman–Crippen LogP) is 2.22. The van der Waals surface area contributed by atoms with Crippen LogP contribution < -0.4 is 10.2 Å². The molecule has 0 radical (unpaired) electrons. The molecule has 0 aliphatic carbocycles. The Bertz CT molecular complexity index is 611. The van der Waals surface area contributed by atoms with Crippen molar-refractivity contribution in [3.8, 4) is 0 Å². The number of hydrogen-bond donors (Lipinski definition) is 1. The maximum atomic E-state index is 13.4. The smallest absolute Gasteiger partial charge is 0.299 e. The van der Waals surface area contributed by atoms with Crippen molar-refractivity contribution in [2.45, 2.75) is 20.3 Å². The number of anilines is 1. The zero-order valence-corrected chi connectivity index (χ0v) is 12.3. The number of rotatable bonds is 6. The molecule has 0 saturated heterocycles. The van der Waals surface area contributed by atoms with Gasteiger partial charge in [-0.05, 0) is 43.2 Å². The molecule has 1 aromatic carbocycles. The van der Waals surface area contributed by atoms with Gasteiger partial charge in [0.2, 0.25) is 0 Å². The second kappa shape index (κ2) is 6.18. The van der Waals surface area contributed by atoms with Gasteiger partial charge in [0.1, 0.15) is 5.82 Å². The minimum Gasteiger partial charge on any atom is -0.313 e. The standard InChI is InChI=1S/C16H19FN2O2/c1-4-5-18-8-10(2)9-19-14-11(3)6-12(17)7-13(14)15(20)16(19)21/h6-7,18H,2,4-5,8-9H2,1,3H3. The van der Waals surface area contributed by atoms with Crippen LogP contribution in [0.25, 0.3) is 0 Å². The van der Waals surface area contributed by atoms with Crippen LogP contribution in [-0.4, -0.2) is 31.3 Å². The number of ketones is 1. The Labute approximate surface area is 123 Å². The summed E-state index contributed by atoms with van der Waals surface area (Å²) in [6.07, 6.45) is 1.01. The van der Waals surface area contributed by atoms with E-state index in [0.29, 0.717) is 17.8 Å². The second-order valence-corrected chi connectivity index (χ2v) is 5.27. The van der Waals surface area contributed by atoms with Gasteiger partial charge in [-0.25, -0.2) is 4.39 Å². The van der Waals surface area contributed by atoms with Crippen LogP contribution in [0.15, 0.2) is 24.3 Å². The van der Waals surface area contributed by atoms with Crippen LogP contribution in [0.2, 0.25) is 0 Å². The third kappa shape index (κ3) is 3.03. The summed E-state index contributed by atoms with van der Waals surface area (Å²) in [5, 5.41) is 3.20. The summed E-state index contributed by atoms with van der Waals surface area (Å²) in [5.74, 6) is -1.77. The molecule has 0 spiro atoms. The van der Waals surface area contributed by atoms with Crippen molar-refractivity contribution in [2.75, 3.05) is 24.5 Å². The summed E-state index contributed by atoms with van der Waals surface area (Å²) in [6, 6.07) is 2.45. The maximum Gasteiger partial charge on any atom is 0.299 e. The van der Waals surface area contributed by atoms with Crippen molar-refractivity contribution >= 4 is 17.4 Å². The van der Waals surface area contributed by atoms with E-state index in [0.717, 1.165) is 24.6 Å². The van der Waals surface area contributed by atoms with Crippen molar-refractivity contribution in [2.24, 2.45) is 0 Å². The van der Waals surface area contributed by atoms with Gasteiger partial charge in [-0.2, -0.15) is 0 Å². The van der Waals surface area contributed by atoms with Gasteiger partial charge in [-0.15, -0.1) is 0 Å². The first-order valence-corrected chi connectivity index (χ1v) is 6.99. The van der Waals surface area contributed by atoms with Gasteiger partial charge in [0, 0.05) is 13.1 Å². The Balaban J connectivity index is 2.21. The number of halogens is 1.